The summed E-state index contributed by atoms with van der Waals surface area (Å²) in [4.78, 5) is 0.259. The average Bonchev–Trinajstić information content (AvgIpc) is 2.92. The number of aromatic nitrogens is 2. The molecule has 3 aromatic rings. The maximum Gasteiger partial charge on any atom is 0.240 e. The van der Waals surface area contributed by atoms with Gasteiger partial charge < -0.3 is 0 Å². The van der Waals surface area contributed by atoms with Crippen molar-refractivity contribution in [3.8, 4) is 0 Å². The summed E-state index contributed by atoms with van der Waals surface area (Å²) in [5.41, 5.74) is 0.803. The first-order chi connectivity index (χ1) is 11.0. The summed E-state index contributed by atoms with van der Waals surface area (Å²) in [5, 5.41) is 6.09. The van der Waals surface area contributed by atoms with Crippen molar-refractivity contribution in [2.75, 3.05) is 0 Å². The van der Waals surface area contributed by atoms with Gasteiger partial charge in [-0.25, -0.2) is 13.1 Å². The molecule has 1 aromatic heterocycles. The largest absolute Gasteiger partial charge is 0.267 e. The summed E-state index contributed by atoms with van der Waals surface area (Å²) in [6.07, 6.45) is 1.67. The lowest BCUT2D eigenvalue weighted by atomic mass is 10.1. The second-order valence-corrected chi connectivity index (χ2v) is 7.71. The monoisotopic (exact) mass is 393 g/mol. The summed E-state index contributed by atoms with van der Waals surface area (Å²) in [7, 11) is -3.58. The molecule has 0 atom stereocenters. The molecule has 0 radical (unpaired) electrons. The van der Waals surface area contributed by atoms with Crippen molar-refractivity contribution >= 4 is 36.7 Å². The quantitative estimate of drug-likeness (QED) is 0.722. The number of nitrogens with one attached hydrogen (secondary N) is 1. The van der Waals surface area contributed by atoms with Gasteiger partial charge in [0.15, 0.2) is 0 Å². The van der Waals surface area contributed by atoms with Gasteiger partial charge in [-0.05, 0) is 45.8 Å². The maximum absolute atomic E-state index is 12.5. The maximum atomic E-state index is 12.5. The van der Waals surface area contributed by atoms with E-state index in [4.69, 9.17) is 0 Å². The van der Waals surface area contributed by atoms with Crippen molar-refractivity contribution in [2.24, 2.45) is 0 Å². The van der Waals surface area contributed by atoms with E-state index in [1.165, 1.54) is 0 Å². The second kappa shape index (κ2) is 6.43. The molecule has 0 aliphatic carbocycles. The Balaban J connectivity index is 1.87. The van der Waals surface area contributed by atoms with E-state index in [1.54, 1.807) is 23.0 Å². The van der Waals surface area contributed by atoms with Crippen LogP contribution >= 0.6 is 15.9 Å². The third-order valence-corrected chi connectivity index (χ3v) is 5.72. The number of halogens is 1. The lowest BCUT2D eigenvalue weighted by Gasteiger charge is -2.09. The molecule has 0 unspecified atom stereocenters. The second-order valence-electron chi connectivity index (χ2n) is 5.09. The van der Waals surface area contributed by atoms with Gasteiger partial charge in [0, 0.05) is 6.54 Å². The molecule has 0 aliphatic rings. The van der Waals surface area contributed by atoms with Crippen molar-refractivity contribution in [3.05, 3.63) is 58.8 Å². The number of hydrogen-bond acceptors (Lipinski definition) is 3. The van der Waals surface area contributed by atoms with Crippen LogP contribution in [0.1, 0.15) is 12.6 Å². The molecule has 0 amide bonds. The van der Waals surface area contributed by atoms with E-state index in [9.17, 15) is 8.42 Å². The molecule has 1 N–H and O–H groups in total. The highest BCUT2D eigenvalue weighted by atomic mass is 79.9. The Labute approximate surface area is 143 Å². The van der Waals surface area contributed by atoms with Crippen LogP contribution in [0.3, 0.4) is 0 Å². The van der Waals surface area contributed by atoms with Crippen LogP contribution in [0, 0.1) is 0 Å². The van der Waals surface area contributed by atoms with E-state index in [1.807, 2.05) is 37.3 Å². The lowest BCUT2D eigenvalue weighted by Crippen LogP contribution is -2.25. The van der Waals surface area contributed by atoms with Crippen molar-refractivity contribution < 1.29 is 8.42 Å². The van der Waals surface area contributed by atoms with Crippen LogP contribution in [0.5, 0.6) is 0 Å². The molecule has 0 saturated heterocycles. The van der Waals surface area contributed by atoms with E-state index >= 15 is 0 Å². The molecule has 5 nitrogen and oxygen atoms in total. The standard InChI is InChI=1S/C16H16BrN3O2S/c1-2-20-16(15(17)10-18-20)11-19-23(21,22)14-8-7-12-5-3-4-6-13(12)9-14/h3-10,19H,2,11H2,1H3. The molecule has 0 spiro atoms. The molecule has 23 heavy (non-hydrogen) atoms. The van der Waals surface area contributed by atoms with Gasteiger partial charge in [-0.15, -0.1) is 0 Å². The minimum Gasteiger partial charge on any atom is -0.267 e. The van der Waals surface area contributed by atoms with Gasteiger partial charge in [0.25, 0.3) is 0 Å². The zero-order valence-corrected chi connectivity index (χ0v) is 14.9. The van der Waals surface area contributed by atoms with Gasteiger partial charge in [-0.1, -0.05) is 30.3 Å². The number of aryl methyl sites for hydroxylation is 1. The number of rotatable bonds is 5. The van der Waals surface area contributed by atoms with Gasteiger partial charge in [-0.3, -0.25) is 4.68 Å². The highest BCUT2D eigenvalue weighted by Crippen LogP contribution is 2.20. The van der Waals surface area contributed by atoms with Crippen LogP contribution in [-0.4, -0.2) is 18.2 Å². The number of fused-ring (bicyclic) bond motifs is 1. The first-order valence-electron chi connectivity index (χ1n) is 7.20. The molecule has 120 valence electrons. The SMILES string of the molecule is CCn1ncc(Br)c1CNS(=O)(=O)c1ccc2ccccc2c1. The van der Waals surface area contributed by atoms with Crippen molar-refractivity contribution in [1.29, 1.82) is 0 Å². The Kier molecular flexibility index (Phi) is 4.52. The van der Waals surface area contributed by atoms with E-state index in [2.05, 4.69) is 25.8 Å². The molecule has 0 saturated carbocycles. The minimum atomic E-state index is -3.58. The smallest absolute Gasteiger partial charge is 0.240 e. The van der Waals surface area contributed by atoms with E-state index in [0.717, 1.165) is 20.9 Å². The zero-order valence-electron chi connectivity index (χ0n) is 12.5. The summed E-state index contributed by atoms with van der Waals surface area (Å²) in [6, 6.07) is 12.8. The summed E-state index contributed by atoms with van der Waals surface area (Å²) in [5.74, 6) is 0. The average molecular weight is 394 g/mol. The summed E-state index contributed by atoms with van der Waals surface area (Å²) >= 11 is 3.40. The third-order valence-electron chi connectivity index (χ3n) is 3.66. The van der Waals surface area contributed by atoms with E-state index in [0.29, 0.717) is 6.54 Å². The zero-order chi connectivity index (χ0) is 16.4. The first-order valence-corrected chi connectivity index (χ1v) is 9.47. The van der Waals surface area contributed by atoms with Crippen LogP contribution in [-0.2, 0) is 23.1 Å². The Bertz CT molecular complexity index is 951. The molecular weight excluding hydrogens is 378 g/mol. The van der Waals surface area contributed by atoms with Crippen LogP contribution in [0.25, 0.3) is 10.8 Å². The van der Waals surface area contributed by atoms with E-state index < -0.39 is 10.0 Å². The third kappa shape index (κ3) is 3.31. The molecule has 0 aliphatic heterocycles. The number of nitrogens with zero attached hydrogens (tertiary/aromatic N) is 2. The van der Waals surface area contributed by atoms with Crippen LogP contribution in [0.4, 0.5) is 0 Å². The number of sulfonamides is 1. The van der Waals surface area contributed by atoms with Crippen molar-refractivity contribution in [2.45, 2.75) is 24.9 Å². The van der Waals surface area contributed by atoms with Crippen LogP contribution in [0.2, 0.25) is 0 Å². The molecule has 0 bridgehead atoms. The molecule has 3 rings (SSSR count). The van der Waals surface area contributed by atoms with Crippen molar-refractivity contribution in [1.82, 2.24) is 14.5 Å². The first kappa shape index (κ1) is 16.2. The van der Waals surface area contributed by atoms with Gasteiger partial charge in [0.1, 0.15) is 0 Å². The van der Waals surface area contributed by atoms with Crippen LogP contribution < -0.4 is 4.72 Å². The van der Waals surface area contributed by atoms with E-state index in [-0.39, 0.29) is 11.4 Å². The number of benzene rings is 2. The highest BCUT2D eigenvalue weighted by Gasteiger charge is 2.16. The fraction of sp³-hybridized carbons (Fsp3) is 0.188. The predicted octanol–water partition coefficient (Wildman–Crippen LogP) is 3.30. The molecule has 0 fully saturated rings. The fourth-order valence-electron chi connectivity index (χ4n) is 2.42. The minimum absolute atomic E-state index is 0.184. The van der Waals surface area contributed by atoms with Crippen molar-refractivity contribution in [3.63, 3.8) is 0 Å². The highest BCUT2D eigenvalue weighted by molar-refractivity contribution is 9.10. The molecular formula is C16H16BrN3O2S. The Morgan fingerprint density at radius 3 is 2.65 bits per heavy atom. The van der Waals surface area contributed by atoms with Gasteiger partial charge in [0.2, 0.25) is 10.0 Å². The Hall–Kier alpha value is -1.70. The fourth-order valence-corrected chi connectivity index (χ4v) is 3.88. The van der Waals surface area contributed by atoms with Gasteiger partial charge in [0.05, 0.1) is 27.8 Å². The van der Waals surface area contributed by atoms with Gasteiger partial charge in [-0.2, -0.15) is 5.10 Å². The molecule has 7 heteroatoms. The Morgan fingerprint density at radius 1 is 1.17 bits per heavy atom. The normalized spacial score (nSPS) is 11.9. The summed E-state index contributed by atoms with van der Waals surface area (Å²) < 4.78 is 30.2. The van der Waals surface area contributed by atoms with Crippen LogP contribution in [0.15, 0.2) is 58.0 Å². The number of hydrogen-bond donors (Lipinski definition) is 1. The van der Waals surface area contributed by atoms with Gasteiger partial charge >= 0.3 is 0 Å². The predicted molar refractivity (Wildman–Crippen MR) is 93.6 cm³/mol. The molecule has 1 heterocycles. The topological polar surface area (TPSA) is 64.0 Å². The lowest BCUT2D eigenvalue weighted by molar-refractivity contribution is 0.570. The molecule has 2 aromatic carbocycles. The summed E-state index contributed by atoms with van der Waals surface area (Å²) in [6.45, 7) is 2.82. The Morgan fingerprint density at radius 2 is 1.91 bits per heavy atom.